The minimum Gasteiger partial charge on any atom is -0.353 e. The van der Waals surface area contributed by atoms with E-state index in [2.05, 4.69) is 28.6 Å². The maximum Gasteiger partial charge on any atom is 0.259 e. The highest BCUT2D eigenvalue weighted by Crippen LogP contribution is 2.26. The van der Waals surface area contributed by atoms with Crippen molar-refractivity contribution >= 4 is 11.7 Å². The van der Waals surface area contributed by atoms with Gasteiger partial charge in [-0.15, -0.1) is 0 Å². The van der Waals surface area contributed by atoms with Gasteiger partial charge in [0.25, 0.3) is 5.91 Å². The van der Waals surface area contributed by atoms with Crippen LogP contribution in [0.3, 0.4) is 0 Å². The number of amides is 1. The largest absolute Gasteiger partial charge is 0.353 e. The Kier molecular flexibility index (Phi) is 6.27. The van der Waals surface area contributed by atoms with Gasteiger partial charge in [0, 0.05) is 51.0 Å². The topological polar surface area (TPSA) is 52.6 Å². The zero-order chi connectivity index (χ0) is 21.1. The van der Waals surface area contributed by atoms with E-state index in [4.69, 9.17) is 4.98 Å². The molecular weight excluding hydrogens is 381 g/mol. The molecule has 0 atom stereocenters. The number of piperazine rings is 1. The number of carbonyl (C=O) groups excluding carboxylic acids is 1. The van der Waals surface area contributed by atoms with Crippen LogP contribution >= 0.6 is 0 Å². The predicted molar refractivity (Wildman–Crippen MR) is 116 cm³/mol. The van der Waals surface area contributed by atoms with E-state index in [9.17, 15) is 9.18 Å². The molecule has 2 aromatic rings. The van der Waals surface area contributed by atoms with Crippen molar-refractivity contribution in [1.29, 1.82) is 0 Å². The van der Waals surface area contributed by atoms with E-state index in [1.165, 1.54) is 12.1 Å². The van der Waals surface area contributed by atoms with Crippen molar-refractivity contribution in [1.82, 2.24) is 19.8 Å². The third-order valence-corrected chi connectivity index (χ3v) is 6.29. The quantitative estimate of drug-likeness (QED) is 0.773. The molecule has 2 aliphatic rings. The Hall–Kier alpha value is -2.54. The molecule has 3 heterocycles. The second-order valence-electron chi connectivity index (χ2n) is 8.33. The molecular formula is C23H30FN5O. The highest BCUT2D eigenvalue weighted by Gasteiger charge is 2.28. The van der Waals surface area contributed by atoms with Crippen LogP contribution in [0, 0.1) is 11.7 Å². The van der Waals surface area contributed by atoms with Gasteiger partial charge in [0.1, 0.15) is 17.2 Å². The number of piperidine rings is 1. The fourth-order valence-electron chi connectivity index (χ4n) is 4.16. The number of benzene rings is 1. The zero-order valence-electron chi connectivity index (χ0n) is 17.9. The van der Waals surface area contributed by atoms with Crippen LogP contribution in [0.25, 0.3) is 11.4 Å². The number of likely N-dealkylation sites (tertiary alicyclic amines) is 1. The van der Waals surface area contributed by atoms with Gasteiger partial charge in [-0.05, 0) is 49.6 Å². The predicted octanol–water partition coefficient (Wildman–Crippen LogP) is 3.30. The summed E-state index contributed by atoms with van der Waals surface area (Å²) in [5.74, 6) is 1.60. The Morgan fingerprint density at radius 3 is 2.37 bits per heavy atom. The maximum atomic E-state index is 13.3. The van der Waals surface area contributed by atoms with Gasteiger partial charge < -0.3 is 14.7 Å². The summed E-state index contributed by atoms with van der Waals surface area (Å²) in [5.41, 5.74) is 1.32. The molecule has 160 valence electrons. The Morgan fingerprint density at radius 2 is 1.73 bits per heavy atom. The maximum absolute atomic E-state index is 13.3. The van der Waals surface area contributed by atoms with Gasteiger partial charge in [0.2, 0.25) is 0 Å². The second kappa shape index (κ2) is 9.08. The van der Waals surface area contributed by atoms with Gasteiger partial charge >= 0.3 is 0 Å². The molecule has 4 rings (SSSR count). The summed E-state index contributed by atoms with van der Waals surface area (Å²) in [6.07, 6.45) is 3.73. The van der Waals surface area contributed by atoms with E-state index in [0.29, 0.717) is 23.1 Å². The molecule has 2 fully saturated rings. The zero-order valence-corrected chi connectivity index (χ0v) is 17.9. The van der Waals surface area contributed by atoms with Crippen LogP contribution < -0.4 is 4.90 Å². The summed E-state index contributed by atoms with van der Waals surface area (Å²) in [5, 5.41) is 0. The van der Waals surface area contributed by atoms with E-state index >= 15 is 0 Å². The summed E-state index contributed by atoms with van der Waals surface area (Å²) >= 11 is 0. The van der Waals surface area contributed by atoms with Crippen LogP contribution in [0.1, 0.15) is 37.0 Å². The van der Waals surface area contributed by atoms with E-state index in [0.717, 1.165) is 64.2 Å². The highest BCUT2D eigenvalue weighted by molar-refractivity contribution is 5.99. The highest BCUT2D eigenvalue weighted by atomic mass is 19.1. The number of nitrogens with zero attached hydrogens (tertiary/aromatic N) is 5. The first-order valence-corrected chi connectivity index (χ1v) is 10.9. The molecule has 0 aliphatic carbocycles. The first kappa shape index (κ1) is 20.7. The molecule has 0 radical (unpaired) electrons. The van der Waals surface area contributed by atoms with Crippen molar-refractivity contribution in [3.05, 3.63) is 41.8 Å². The van der Waals surface area contributed by atoms with Crippen molar-refractivity contribution in [2.24, 2.45) is 5.92 Å². The average molecular weight is 412 g/mol. The van der Waals surface area contributed by atoms with Crippen LogP contribution in [-0.4, -0.2) is 71.5 Å². The molecule has 6 nitrogen and oxygen atoms in total. The second-order valence-corrected chi connectivity index (χ2v) is 8.33. The fraction of sp³-hybridized carbons (Fsp3) is 0.522. The summed E-state index contributed by atoms with van der Waals surface area (Å²) in [6, 6.07) is 6.17. The van der Waals surface area contributed by atoms with Crippen LogP contribution in [-0.2, 0) is 0 Å². The molecule has 0 saturated carbocycles. The number of aromatic nitrogens is 2. The average Bonchev–Trinajstić information content (AvgIpc) is 2.79. The molecule has 7 heteroatoms. The minimum absolute atomic E-state index is 0.0143. The smallest absolute Gasteiger partial charge is 0.259 e. The monoisotopic (exact) mass is 411 g/mol. The minimum atomic E-state index is -0.291. The number of hydrogen-bond donors (Lipinski definition) is 0. The van der Waals surface area contributed by atoms with Crippen molar-refractivity contribution in [2.45, 2.75) is 26.7 Å². The van der Waals surface area contributed by atoms with Gasteiger partial charge in [-0.25, -0.2) is 14.4 Å². The molecule has 2 saturated heterocycles. The first-order valence-electron chi connectivity index (χ1n) is 10.9. The lowest BCUT2D eigenvalue weighted by molar-refractivity contribution is 0.0697. The van der Waals surface area contributed by atoms with E-state index in [1.807, 2.05) is 4.90 Å². The Bertz CT molecular complexity index is 872. The van der Waals surface area contributed by atoms with Crippen LogP contribution in [0.4, 0.5) is 10.2 Å². The third kappa shape index (κ3) is 4.46. The first-order chi connectivity index (χ1) is 14.5. The van der Waals surface area contributed by atoms with Crippen molar-refractivity contribution in [3.63, 3.8) is 0 Å². The SMILES string of the molecule is CCN1CCN(c2nc(-c3ccc(F)cc3)ncc2C(=O)N2CCC(C)CC2)CC1. The molecule has 1 aromatic heterocycles. The normalized spacial score (nSPS) is 18.6. The van der Waals surface area contributed by atoms with Crippen molar-refractivity contribution in [2.75, 3.05) is 50.7 Å². The Morgan fingerprint density at radius 1 is 1.07 bits per heavy atom. The lowest BCUT2D eigenvalue weighted by Crippen LogP contribution is -2.47. The molecule has 2 aliphatic heterocycles. The summed E-state index contributed by atoms with van der Waals surface area (Å²) in [6.45, 7) is 10.5. The van der Waals surface area contributed by atoms with Gasteiger partial charge in [0.05, 0.1) is 0 Å². The van der Waals surface area contributed by atoms with Gasteiger partial charge in [0.15, 0.2) is 5.82 Å². The van der Waals surface area contributed by atoms with Gasteiger partial charge in [-0.3, -0.25) is 4.79 Å². The van der Waals surface area contributed by atoms with Gasteiger partial charge in [-0.2, -0.15) is 0 Å². The molecule has 1 aromatic carbocycles. The van der Waals surface area contributed by atoms with Crippen molar-refractivity contribution in [3.8, 4) is 11.4 Å². The van der Waals surface area contributed by atoms with Crippen LogP contribution in [0.2, 0.25) is 0 Å². The summed E-state index contributed by atoms with van der Waals surface area (Å²) < 4.78 is 13.3. The Labute approximate surface area is 177 Å². The van der Waals surface area contributed by atoms with E-state index < -0.39 is 0 Å². The molecule has 0 N–H and O–H groups in total. The number of hydrogen-bond acceptors (Lipinski definition) is 5. The molecule has 0 bridgehead atoms. The molecule has 0 unspecified atom stereocenters. The van der Waals surface area contributed by atoms with Crippen molar-refractivity contribution < 1.29 is 9.18 Å². The lowest BCUT2D eigenvalue weighted by atomic mass is 9.99. The number of likely N-dealkylation sites (N-methyl/N-ethyl adjacent to an activating group) is 1. The molecule has 1 amide bonds. The fourth-order valence-corrected chi connectivity index (χ4v) is 4.16. The summed E-state index contributed by atoms with van der Waals surface area (Å²) in [4.78, 5) is 29.1. The molecule has 0 spiro atoms. The molecule has 30 heavy (non-hydrogen) atoms. The number of halogens is 1. The number of anilines is 1. The third-order valence-electron chi connectivity index (χ3n) is 6.29. The summed E-state index contributed by atoms with van der Waals surface area (Å²) in [7, 11) is 0. The van der Waals surface area contributed by atoms with Crippen LogP contribution in [0.15, 0.2) is 30.5 Å². The van der Waals surface area contributed by atoms with E-state index in [-0.39, 0.29) is 11.7 Å². The number of rotatable bonds is 4. The standard InChI is InChI=1S/C23H30FN5O/c1-3-27-12-14-28(15-13-27)22-20(23(30)29-10-8-17(2)9-11-29)16-25-21(26-22)18-4-6-19(24)7-5-18/h4-7,16-17H,3,8-15H2,1-2H3. The lowest BCUT2D eigenvalue weighted by Gasteiger charge is -2.36. The van der Waals surface area contributed by atoms with Gasteiger partial charge in [-0.1, -0.05) is 13.8 Å². The van der Waals surface area contributed by atoms with Crippen LogP contribution in [0.5, 0.6) is 0 Å². The number of carbonyl (C=O) groups is 1. The van der Waals surface area contributed by atoms with E-state index in [1.54, 1.807) is 18.3 Å². The Balaban J connectivity index is 1.66.